The minimum Gasteiger partial charge on any atom is -0.327 e. The zero-order valence-electron chi connectivity index (χ0n) is 12.1. The standard InChI is InChI=1S/C16H21N3OS/c17-8-3-9-21-19-16(20)18-15-13-6-1-4-11(13)10-12-5-2-7-14(12)15/h3,9-10H,1-2,4-8,17H2,(H2,18,19,20)/b9-3+. The van der Waals surface area contributed by atoms with Crippen molar-refractivity contribution in [3.8, 4) is 0 Å². The molecule has 0 unspecified atom stereocenters. The Labute approximate surface area is 129 Å². The normalized spacial score (nSPS) is 16.0. The van der Waals surface area contributed by atoms with Gasteiger partial charge in [-0.15, -0.1) is 0 Å². The number of carbonyl (C=O) groups excluding carboxylic acids is 1. The van der Waals surface area contributed by atoms with Crippen LogP contribution in [0.15, 0.2) is 17.6 Å². The van der Waals surface area contributed by atoms with E-state index in [-0.39, 0.29) is 6.03 Å². The summed E-state index contributed by atoms with van der Waals surface area (Å²) in [7, 11) is 0. The van der Waals surface area contributed by atoms with E-state index in [4.69, 9.17) is 5.73 Å². The molecule has 3 rings (SSSR count). The van der Waals surface area contributed by atoms with Crippen LogP contribution in [0.2, 0.25) is 0 Å². The molecule has 0 saturated heterocycles. The fourth-order valence-corrected chi connectivity index (χ4v) is 3.73. The Morgan fingerprint density at radius 2 is 1.86 bits per heavy atom. The van der Waals surface area contributed by atoms with Gasteiger partial charge >= 0.3 is 6.03 Å². The molecule has 0 heterocycles. The Morgan fingerprint density at radius 3 is 2.48 bits per heavy atom. The summed E-state index contributed by atoms with van der Waals surface area (Å²) < 4.78 is 2.77. The number of carbonyl (C=O) groups is 1. The summed E-state index contributed by atoms with van der Waals surface area (Å²) >= 11 is 1.25. The maximum absolute atomic E-state index is 12.1. The number of rotatable bonds is 4. The predicted molar refractivity (Wildman–Crippen MR) is 88.4 cm³/mol. The van der Waals surface area contributed by atoms with Crippen LogP contribution >= 0.6 is 11.9 Å². The van der Waals surface area contributed by atoms with Gasteiger partial charge in [-0.2, -0.15) is 0 Å². The third kappa shape index (κ3) is 3.09. The lowest BCUT2D eigenvalue weighted by molar-refractivity contribution is 0.257. The second-order valence-electron chi connectivity index (χ2n) is 5.52. The minimum absolute atomic E-state index is 0.156. The Hall–Kier alpha value is -1.46. The molecule has 0 aliphatic heterocycles. The summed E-state index contributed by atoms with van der Waals surface area (Å²) in [4.78, 5) is 12.1. The lowest BCUT2D eigenvalue weighted by Crippen LogP contribution is -2.24. The number of hydrogen-bond acceptors (Lipinski definition) is 3. The van der Waals surface area contributed by atoms with Crippen LogP contribution in [0.4, 0.5) is 10.5 Å². The summed E-state index contributed by atoms with van der Waals surface area (Å²) in [6.07, 6.45) is 8.66. The second-order valence-corrected chi connectivity index (χ2v) is 6.23. The molecule has 0 bridgehead atoms. The largest absolute Gasteiger partial charge is 0.329 e. The zero-order chi connectivity index (χ0) is 14.7. The zero-order valence-corrected chi connectivity index (χ0v) is 12.9. The third-order valence-electron chi connectivity index (χ3n) is 4.16. The van der Waals surface area contributed by atoms with E-state index in [9.17, 15) is 4.79 Å². The highest BCUT2D eigenvalue weighted by Crippen LogP contribution is 2.38. The van der Waals surface area contributed by atoms with E-state index in [0.29, 0.717) is 6.54 Å². The Morgan fingerprint density at radius 1 is 1.19 bits per heavy atom. The van der Waals surface area contributed by atoms with Crippen molar-refractivity contribution in [3.63, 3.8) is 0 Å². The van der Waals surface area contributed by atoms with Gasteiger partial charge in [-0.3, -0.25) is 4.72 Å². The van der Waals surface area contributed by atoms with Crippen LogP contribution in [0.1, 0.15) is 35.1 Å². The van der Waals surface area contributed by atoms with E-state index in [0.717, 1.165) is 31.4 Å². The molecule has 0 atom stereocenters. The summed E-state index contributed by atoms with van der Waals surface area (Å²) in [5, 5.41) is 4.87. The summed E-state index contributed by atoms with van der Waals surface area (Å²) in [5.41, 5.74) is 12.0. The first-order valence-corrected chi connectivity index (χ1v) is 8.41. The summed E-state index contributed by atoms with van der Waals surface area (Å²) in [6, 6.07) is 2.21. The van der Waals surface area contributed by atoms with Gasteiger partial charge in [0.25, 0.3) is 0 Å². The smallest absolute Gasteiger partial charge is 0.327 e. The van der Waals surface area contributed by atoms with Crippen molar-refractivity contribution in [1.82, 2.24) is 4.72 Å². The van der Waals surface area contributed by atoms with Crippen LogP contribution in [0.3, 0.4) is 0 Å². The van der Waals surface area contributed by atoms with Crippen molar-refractivity contribution in [2.24, 2.45) is 5.73 Å². The van der Waals surface area contributed by atoms with Gasteiger partial charge in [0.05, 0.1) is 0 Å². The number of nitrogens with one attached hydrogen (secondary N) is 2. The summed E-state index contributed by atoms with van der Waals surface area (Å²) in [6.45, 7) is 0.482. The number of benzene rings is 1. The number of amides is 2. The number of anilines is 1. The number of hydrogen-bond donors (Lipinski definition) is 3. The van der Waals surface area contributed by atoms with Crippen molar-refractivity contribution < 1.29 is 4.79 Å². The maximum Gasteiger partial charge on any atom is 0.329 e. The molecular weight excluding hydrogens is 282 g/mol. The van der Waals surface area contributed by atoms with Gasteiger partial charge in [0.15, 0.2) is 0 Å². The average Bonchev–Trinajstić information content (AvgIpc) is 3.11. The molecule has 0 spiro atoms. The van der Waals surface area contributed by atoms with Crippen LogP contribution in [0.25, 0.3) is 0 Å². The Bertz CT molecular complexity index is 551. The van der Waals surface area contributed by atoms with Crippen molar-refractivity contribution in [2.45, 2.75) is 38.5 Å². The quantitative estimate of drug-likeness (QED) is 0.749. The SMILES string of the molecule is NC/C=C/SNC(=O)Nc1c2c(cc3c1CCC3)CCC2. The van der Waals surface area contributed by atoms with Gasteiger partial charge in [0, 0.05) is 12.2 Å². The van der Waals surface area contributed by atoms with E-state index >= 15 is 0 Å². The number of aryl methyl sites for hydroxylation is 2. The van der Waals surface area contributed by atoms with Gasteiger partial charge in [0.1, 0.15) is 0 Å². The molecule has 5 heteroatoms. The molecule has 0 radical (unpaired) electrons. The first-order chi connectivity index (χ1) is 10.3. The fourth-order valence-electron chi connectivity index (χ4n) is 3.30. The van der Waals surface area contributed by atoms with Gasteiger partial charge in [-0.1, -0.05) is 12.1 Å². The molecule has 1 aromatic rings. The Kier molecular flexibility index (Phi) is 4.51. The molecular formula is C16H21N3OS. The lowest BCUT2D eigenvalue weighted by atomic mass is 9.99. The van der Waals surface area contributed by atoms with Crippen LogP contribution in [0, 0.1) is 0 Å². The van der Waals surface area contributed by atoms with Crippen molar-refractivity contribution in [2.75, 3.05) is 11.9 Å². The second kappa shape index (κ2) is 6.54. The molecule has 0 fully saturated rings. The predicted octanol–water partition coefficient (Wildman–Crippen LogP) is 2.91. The van der Waals surface area contributed by atoms with Crippen LogP contribution in [-0.2, 0) is 25.7 Å². The van der Waals surface area contributed by atoms with E-state index < -0.39 is 0 Å². The summed E-state index contributed by atoms with van der Waals surface area (Å²) in [5.74, 6) is 0. The molecule has 1 aromatic carbocycles. The monoisotopic (exact) mass is 303 g/mol. The van der Waals surface area contributed by atoms with Crippen molar-refractivity contribution >= 4 is 23.7 Å². The highest BCUT2D eigenvalue weighted by atomic mass is 32.2. The molecule has 4 nitrogen and oxygen atoms in total. The van der Waals surface area contributed by atoms with Crippen LogP contribution < -0.4 is 15.8 Å². The molecule has 4 N–H and O–H groups in total. The topological polar surface area (TPSA) is 67.1 Å². The van der Waals surface area contributed by atoms with Gasteiger partial charge in [-0.05, 0) is 78.1 Å². The molecule has 2 aliphatic carbocycles. The molecule has 2 amide bonds. The molecule has 112 valence electrons. The van der Waals surface area contributed by atoms with Gasteiger partial charge < -0.3 is 11.1 Å². The lowest BCUT2D eigenvalue weighted by Gasteiger charge is -2.16. The van der Waals surface area contributed by atoms with Crippen LogP contribution in [-0.4, -0.2) is 12.6 Å². The van der Waals surface area contributed by atoms with Crippen molar-refractivity contribution in [3.05, 3.63) is 39.8 Å². The molecule has 2 aliphatic rings. The molecule has 0 aromatic heterocycles. The van der Waals surface area contributed by atoms with Crippen molar-refractivity contribution in [1.29, 1.82) is 0 Å². The van der Waals surface area contributed by atoms with Gasteiger partial charge in [-0.25, -0.2) is 4.79 Å². The first-order valence-electron chi connectivity index (χ1n) is 7.54. The number of fused-ring (bicyclic) bond motifs is 2. The van der Waals surface area contributed by atoms with Crippen LogP contribution in [0.5, 0.6) is 0 Å². The van der Waals surface area contributed by atoms with E-state index in [1.54, 1.807) is 5.41 Å². The third-order valence-corrected chi connectivity index (χ3v) is 4.80. The Balaban J connectivity index is 1.76. The van der Waals surface area contributed by atoms with E-state index in [1.165, 1.54) is 47.0 Å². The number of nitrogens with two attached hydrogens (primary N) is 1. The minimum atomic E-state index is -0.156. The van der Waals surface area contributed by atoms with E-state index in [2.05, 4.69) is 16.1 Å². The number of urea groups is 1. The highest BCUT2D eigenvalue weighted by Gasteiger charge is 2.24. The maximum atomic E-state index is 12.1. The molecule has 21 heavy (non-hydrogen) atoms. The van der Waals surface area contributed by atoms with Gasteiger partial charge in [0.2, 0.25) is 0 Å². The highest BCUT2D eigenvalue weighted by molar-refractivity contribution is 8.00. The average molecular weight is 303 g/mol. The van der Waals surface area contributed by atoms with E-state index in [1.807, 2.05) is 6.08 Å². The molecule has 0 saturated carbocycles. The first kappa shape index (κ1) is 14.5. The fraction of sp³-hybridized carbons (Fsp3) is 0.438.